The van der Waals surface area contributed by atoms with Crippen molar-refractivity contribution in [2.24, 2.45) is 0 Å². The molecule has 0 unspecified atom stereocenters. The lowest BCUT2D eigenvalue weighted by atomic mass is 10.2. The zero-order chi connectivity index (χ0) is 9.99. The minimum atomic E-state index is -3.93. The molecule has 0 amide bonds. The second-order valence-corrected chi connectivity index (χ2v) is 5.78. The number of halogens is 1. The van der Waals surface area contributed by atoms with Crippen molar-refractivity contribution in [2.45, 2.75) is 25.5 Å². The summed E-state index contributed by atoms with van der Waals surface area (Å²) in [7, 11) is 1.10. The third-order valence-corrected chi connectivity index (χ3v) is 3.92. The number of carbonyl (C=O) groups excluding carboxylic acids is 1. The van der Waals surface area contributed by atoms with Crippen LogP contribution in [0.1, 0.15) is 20.8 Å². The second kappa shape index (κ2) is 3.62. The Balaban J connectivity index is 4.75. The maximum Gasteiger partial charge on any atom is 0.328 e. The lowest BCUT2D eigenvalue weighted by molar-refractivity contribution is -0.145. The van der Waals surface area contributed by atoms with Crippen molar-refractivity contribution >= 4 is 25.7 Å². The van der Waals surface area contributed by atoms with Crippen LogP contribution in [0.4, 0.5) is 0 Å². The van der Waals surface area contributed by atoms with Gasteiger partial charge in [0.15, 0.2) is 4.75 Å². The Morgan fingerprint density at radius 3 is 2.17 bits per heavy atom. The molecule has 0 aromatic carbocycles. The number of esters is 1. The van der Waals surface area contributed by atoms with E-state index in [1.165, 1.54) is 13.8 Å². The molecule has 0 rings (SSSR count). The van der Waals surface area contributed by atoms with Crippen molar-refractivity contribution in [2.75, 3.05) is 6.61 Å². The largest absolute Gasteiger partial charge is 0.465 e. The standard InChI is InChI=1S/C6H11ClO4S/c1-4-11-5(8)6(2,3)12(7,9)10/h4H2,1-3H3. The maximum absolute atomic E-state index is 11.0. The first-order valence-electron chi connectivity index (χ1n) is 3.35. The summed E-state index contributed by atoms with van der Waals surface area (Å²) in [6, 6.07) is 0. The lowest BCUT2D eigenvalue weighted by Gasteiger charge is -2.17. The van der Waals surface area contributed by atoms with E-state index in [4.69, 9.17) is 10.7 Å². The van der Waals surface area contributed by atoms with Crippen molar-refractivity contribution in [3.63, 3.8) is 0 Å². The van der Waals surface area contributed by atoms with Crippen LogP contribution >= 0.6 is 10.7 Å². The molecule has 0 N–H and O–H groups in total. The van der Waals surface area contributed by atoms with Gasteiger partial charge in [0.1, 0.15) is 0 Å². The molecule has 12 heavy (non-hydrogen) atoms. The molecule has 0 aromatic rings. The Morgan fingerprint density at radius 1 is 1.50 bits per heavy atom. The lowest BCUT2D eigenvalue weighted by Crippen LogP contribution is -2.39. The highest BCUT2D eigenvalue weighted by atomic mass is 35.7. The van der Waals surface area contributed by atoms with E-state index in [1.807, 2.05) is 0 Å². The number of hydrogen-bond acceptors (Lipinski definition) is 4. The summed E-state index contributed by atoms with van der Waals surface area (Å²) >= 11 is 0. The van der Waals surface area contributed by atoms with Gasteiger partial charge >= 0.3 is 5.97 Å². The molecule has 0 aliphatic carbocycles. The third kappa shape index (κ3) is 2.35. The Hall–Kier alpha value is -0.290. The van der Waals surface area contributed by atoms with E-state index in [1.54, 1.807) is 6.92 Å². The molecule has 0 fully saturated rings. The quantitative estimate of drug-likeness (QED) is 0.517. The van der Waals surface area contributed by atoms with E-state index in [0.717, 1.165) is 0 Å². The highest BCUT2D eigenvalue weighted by Gasteiger charge is 2.42. The van der Waals surface area contributed by atoms with Gasteiger partial charge in [-0.2, -0.15) is 0 Å². The van der Waals surface area contributed by atoms with Crippen LogP contribution in [0.15, 0.2) is 0 Å². The summed E-state index contributed by atoms with van der Waals surface area (Å²) in [6.45, 7) is 4.13. The molecule has 0 radical (unpaired) electrons. The molecule has 0 bridgehead atoms. The topological polar surface area (TPSA) is 60.4 Å². The second-order valence-electron chi connectivity index (χ2n) is 2.67. The van der Waals surface area contributed by atoms with Gasteiger partial charge in [0.2, 0.25) is 9.05 Å². The van der Waals surface area contributed by atoms with Gasteiger partial charge in [-0.05, 0) is 20.8 Å². The summed E-state index contributed by atoms with van der Waals surface area (Å²) in [5.74, 6) is -0.833. The van der Waals surface area contributed by atoms with Gasteiger partial charge in [-0.25, -0.2) is 8.42 Å². The summed E-state index contributed by atoms with van der Waals surface area (Å²) in [5, 5.41) is 0. The monoisotopic (exact) mass is 214 g/mol. The van der Waals surface area contributed by atoms with Gasteiger partial charge in [0.05, 0.1) is 6.61 Å². The van der Waals surface area contributed by atoms with Crippen molar-refractivity contribution < 1.29 is 17.9 Å². The van der Waals surface area contributed by atoms with Crippen molar-refractivity contribution in [3.8, 4) is 0 Å². The molecule has 0 saturated heterocycles. The molecular formula is C6H11ClO4S. The molecule has 6 heteroatoms. The average molecular weight is 215 g/mol. The zero-order valence-corrected chi connectivity index (χ0v) is 8.70. The molecule has 72 valence electrons. The van der Waals surface area contributed by atoms with Crippen LogP contribution in [0, 0.1) is 0 Å². The SMILES string of the molecule is CCOC(=O)C(C)(C)S(=O)(=O)Cl. The fraction of sp³-hybridized carbons (Fsp3) is 0.833. The fourth-order valence-electron chi connectivity index (χ4n) is 0.404. The van der Waals surface area contributed by atoms with E-state index in [2.05, 4.69) is 4.74 Å². The molecule has 0 spiro atoms. The van der Waals surface area contributed by atoms with Crippen LogP contribution < -0.4 is 0 Å². The highest BCUT2D eigenvalue weighted by Crippen LogP contribution is 2.22. The number of rotatable bonds is 3. The minimum Gasteiger partial charge on any atom is -0.465 e. The molecule has 0 atom stereocenters. The minimum absolute atomic E-state index is 0.134. The summed E-state index contributed by atoms with van der Waals surface area (Å²) in [6.07, 6.45) is 0. The Morgan fingerprint density at radius 2 is 1.92 bits per heavy atom. The van der Waals surface area contributed by atoms with E-state index in [-0.39, 0.29) is 6.61 Å². The van der Waals surface area contributed by atoms with Gasteiger partial charge < -0.3 is 4.74 Å². The normalized spacial score (nSPS) is 12.7. The van der Waals surface area contributed by atoms with E-state index < -0.39 is 19.8 Å². The number of hydrogen-bond donors (Lipinski definition) is 0. The maximum atomic E-state index is 11.0. The third-order valence-electron chi connectivity index (χ3n) is 1.38. The fourth-order valence-corrected chi connectivity index (χ4v) is 0.851. The average Bonchev–Trinajstić information content (AvgIpc) is 1.85. The predicted octanol–water partition coefficient (Wildman–Crippen LogP) is 0.897. The first-order chi connectivity index (χ1) is 5.23. The van der Waals surface area contributed by atoms with Crippen molar-refractivity contribution in [1.82, 2.24) is 0 Å². The van der Waals surface area contributed by atoms with Gasteiger partial charge in [-0.1, -0.05) is 0 Å². The first-order valence-corrected chi connectivity index (χ1v) is 5.66. The summed E-state index contributed by atoms with van der Waals surface area (Å²) in [4.78, 5) is 11.0. The zero-order valence-electron chi connectivity index (χ0n) is 7.13. The van der Waals surface area contributed by atoms with Gasteiger partial charge in [0, 0.05) is 10.7 Å². The molecule has 0 aromatic heterocycles. The smallest absolute Gasteiger partial charge is 0.328 e. The van der Waals surface area contributed by atoms with Crippen LogP contribution in [-0.4, -0.2) is 25.7 Å². The van der Waals surface area contributed by atoms with Gasteiger partial charge in [-0.3, -0.25) is 4.79 Å². The molecule has 0 aliphatic rings. The number of carbonyl (C=O) groups is 1. The van der Waals surface area contributed by atoms with Crippen molar-refractivity contribution in [3.05, 3.63) is 0 Å². The molecular weight excluding hydrogens is 204 g/mol. The highest BCUT2D eigenvalue weighted by molar-refractivity contribution is 8.15. The van der Waals surface area contributed by atoms with E-state index in [9.17, 15) is 13.2 Å². The van der Waals surface area contributed by atoms with Crippen LogP contribution in [-0.2, 0) is 18.6 Å². The summed E-state index contributed by atoms with van der Waals surface area (Å²) < 4.78 is 24.5. The predicted molar refractivity (Wildman–Crippen MR) is 45.5 cm³/mol. The van der Waals surface area contributed by atoms with E-state index in [0.29, 0.717) is 0 Å². The Labute approximate surface area is 76.3 Å². The Kier molecular flexibility index (Phi) is 3.53. The van der Waals surface area contributed by atoms with E-state index >= 15 is 0 Å². The molecule has 0 aliphatic heterocycles. The van der Waals surface area contributed by atoms with Gasteiger partial charge in [0.25, 0.3) is 0 Å². The van der Waals surface area contributed by atoms with Crippen molar-refractivity contribution in [1.29, 1.82) is 0 Å². The molecule has 0 heterocycles. The van der Waals surface area contributed by atoms with Crippen LogP contribution in [0.5, 0.6) is 0 Å². The summed E-state index contributed by atoms with van der Waals surface area (Å²) in [5.41, 5.74) is 0. The number of ether oxygens (including phenoxy) is 1. The molecule has 4 nitrogen and oxygen atoms in total. The van der Waals surface area contributed by atoms with Gasteiger partial charge in [-0.15, -0.1) is 0 Å². The van der Waals surface area contributed by atoms with Crippen LogP contribution in [0.25, 0.3) is 0 Å². The van der Waals surface area contributed by atoms with Crippen LogP contribution in [0.3, 0.4) is 0 Å². The van der Waals surface area contributed by atoms with Crippen LogP contribution in [0.2, 0.25) is 0 Å². The molecule has 0 saturated carbocycles. The Bertz CT molecular complexity index is 267. The first kappa shape index (κ1) is 11.7.